The molecule has 3 heterocycles. The molecule has 11 heteroatoms. The van der Waals surface area contributed by atoms with E-state index in [0.717, 1.165) is 34.6 Å². The number of anilines is 3. The number of fused-ring (bicyclic) bond motifs is 1. The van der Waals surface area contributed by atoms with Crippen molar-refractivity contribution >= 4 is 34.1 Å². The Hall–Kier alpha value is -4.93. The van der Waals surface area contributed by atoms with Crippen molar-refractivity contribution in [3.8, 4) is 11.1 Å². The van der Waals surface area contributed by atoms with Gasteiger partial charge in [0, 0.05) is 54.6 Å². The number of carbonyl (C=O) groups excluding carboxylic acids is 1. The van der Waals surface area contributed by atoms with Crippen LogP contribution in [-0.2, 0) is 20.3 Å². The minimum Gasteiger partial charge on any atom is -0.325 e. The molecule has 0 fully saturated rings. The number of halogens is 3. The van der Waals surface area contributed by atoms with Crippen molar-refractivity contribution in [3.63, 3.8) is 0 Å². The third-order valence-corrected chi connectivity index (χ3v) is 6.60. The van der Waals surface area contributed by atoms with E-state index >= 15 is 0 Å². The van der Waals surface area contributed by atoms with Crippen LogP contribution in [0.5, 0.6) is 0 Å². The fourth-order valence-corrected chi connectivity index (χ4v) is 4.51. The first-order valence-corrected chi connectivity index (χ1v) is 12.3. The molecule has 0 atom stereocenters. The van der Waals surface area contributed by atoms with Crippen LogP contribution in [0.15, 0.2) is 71.7 Å². The number of carbonyl (C=O) groups is 1. The third kappa shape index (κ3) is 5.18. The van der Waals surface area contributed by atoms with Crippen molar-refractivity contribution in [2.75, 3.05) is 10.6 Å². The van der Waals surface area contributed by atoms with Crippen molar-refractivity contribution in [2.24, 2.45) is 14.1 Å². The lowest BCUT2D eigenvalue weighted by Gasteiger charge is -2.14. The van der Waals surface area contributed by atoms with E-state index in [1.165, 1.54) is 16.7 Å². The highest BCUT2D eigenvalue weighted by Crippen LogP contribution is 2.31. The summed E-state index contributed by atoms with van der Waals surface area (Å²) in [5.41, 5.74) is 2.32. The summed E-state index contributed by atoms with van der Waals surface area (Å²) < 4.78 is 42.5. The molecular weight excluding hydrogens is 521 g/mol. The highest BCUT2D eigenvalue weighted by molar-refractivity contribution is 6.04. The molecule has 2 N–H and O–H groups in total. The van der Waals surface area contributed by atoms with Crippen LogP contribution in [-0.4, -0.2) is 25.2 Å². The largest absolute Gasteiger partial charge is 0.416 e. The molecule has 0 aliphatic carbocycles. The zero-order valence-corrected chi connectivity index (χ0v) is 22.1. The molecule has 204 valence electrons. The Bertz CT molecular complexity index is 1840. The lowest BCUT2D eigenvalue weighted by atomic mass is 9.99. The fourth-order valence-electron chi connectivity index (χ4n) is 4.51. The number of pyridine rings is 2. The van der Waals surface area contributed by atoms with E-state index in [2.05, 4.69) is 20.7 Å². The minimum atomic E-state index is -4.56. The molecule has 5 aromatic rings. The molecule has 0 aliphatic heterocycles. The van der Waals surface area contributed by atoms with Crippen molar-refractivity contribution in [1.82, 2.24) is 19.3 Å². The van der Waals surface area contributed by atoms with Gasteiger partial charge in [-0.2, -0.15) is 18.3 Å². The summed E-state index contributed by atoms with van der Waals surface area (Å²) in [5, 5.41) is 10.9. The van der Waals surface area contributed by atoms with Gasteiger partial charge in [0.05, 0.1) is 16.8 Å². The number of aromatic nitrogens is 4. The molecule has 0 aliphatic rings. The quantitative estimate of drug-likeness (QED) is 0.284. The first-order chi connectivity index (χ1) is 18.9. The van der Waals surface area contributed by atoms with E-state index in [1.54, 1.807) is 48.3 Å². The SMILES string of the molecule is Cc1cc(Nc2cc3c(cn2)cc(-c2cc(NC(=O)c4cccc(C(F)(F)F)c4)ccc2C)c(=O)n3C)n(C)n1. The number of nitrogens with one attached hydrogen (secondary N) is 2. The van der Waals surface area contributed by atoms with Crippen molar-refractivity contribution < 1.29 is 18.0 Å². The van der Waals surface area contributed by atoms with Crippen molar-refractivity contribution in [3.05, 3.63) is 99.6 Å². The van der Waals surface area contributed by atoms with E-state index in [1.807, 2.05) is 27.0 Å². The minimum absolute atomic E-state index is 0.129. The van der Waals surface area contributed by atoms with Gasteiger partial charge in [0.2, 0.25) is 0 Å². The van der Waals surface area contributed by atoms with Gasteiger partial charge in [-0.25, -0.2) is 4.98 Å². The lowest BCUT2D eigenvalue weighted by molar-refractivity contribution is -0.137. The summed E-state index contributed by atoms with van der Waals surface area (Å²) in [6.07, 6.45) is -2.90. The Morgan fingerprint density at radius 3 is 2.42 bits per heavy atom. The van der Waals surface area contributed by atoms with Gasteiger partial charge in [-0.15, -0.1) is 0 Å². The number of alkyl halides is 3. The molecule has 40 heavy (non-hydrogen) atoms. The van der Waals surface area contributed by atoms with Crippen LogP contribution in [0.1, 0.15) is 27.2 Å². The van der Waals surface area contributed by atoms with Gasteiger partial charge in [0.1, 0.15) is 11.6 Å². The normalized spacial score (nSPS) is 11.6. The maximum atomic E-state index is 13.5. The molecular formula is C29H25F3N6O2. The maximum Gasteiger partial charge on any atom is 0.416 e. The maximum absolute atomic E-state index is 13.5. The van der Waals surface area contributed by atoms with Gasteiger partial charge < -0.3 is 15.2 Å². The lowest BCUT2D eigenvalue weighted by Crippen LogP contribution is -2.19. The van der Waals surface area contributed by atoms with Gasteiger partial charge in [0.15, 0.2) is 0 Å². The summed E-state index contributed by atoms with van der Waals surface area (Å²) in [7, 11) is 3.48. The van der Waals surface area contributed by atoms with E-state index in [-0.39, 0.29) is 11.1 Å². The van der Waals surface area contributed by atoms with Crippen LogP contribution in [0, 0.1) is 13.8 Å². The van der Waals surface area contributed by atoms with Crippen LogP contribution in [0.2, 0.25) is 0 Å². The fraction of sp³-hybridized carbons (Fsp3) is 0.172. The van der Waals surface area contributed by atoms with Crippen molar-refractivity contribution in [1.29, 1.82) is 0 Å². The summed E-state index contributed by atoms with van der Waals surface area (Å²) in [6, 6.07) is 14.6. The predicted octanol–water partition coefficient (Wildman–Crippen LogP) is 5.97. The predicted molar refractivity (Wildman–Crippen MR) is 148 cm³/mol. The number of rotatable bonds is 5. The second-order valence-corrected chi connectivity index (χ2v) is 9.53. The molecule has 0 saturated heterocycles. The number of benzene rings is 2. The summed E-state index contributed by atoms with van der Waals surface area (Å²) >= 11 is 0. The average molecular weight is 547 g/mol. The van der Waals surface area contributed by atoms with Gasteiger partial charge in [-0.3, -0.25) is 14.3 Å². The number of aryl methyl sites for hydroxylation is 4. The van der Waals surface area contributed by atoms with Crippen LogP contribution >= 0.6 is 0 Å². The molecule has 0 radical (unpaired) electrons. The van der Waals surface area contributed by atoms with Gasteiger partial charge in [-0.1, -0.05) is 12.1 Å². The van der Waals surface area contributed by atoms with Crippen LogP contribution in [0.4, 0.5) is 30.5 Å². The topological polar surface area (TPSA) is 93.8 Å². The second-order valence-electron chi connectivity index (χ2n) is 9.53. The molecule has 1 amide bonds. The first kappa shape index (κ1) is 26.7. The Morgan fingerprint density at radius 1 is 0.950 bits per heavy atom. The second kappa shape index (κ2) is 9.99. The zero-order chi connectivity index (χ0) is 28.8. The Balaban J connectivity index is 1.47. The van der Waals surface area contributed by atoms with Gasteiger partial charge in [0.25, 0.3) is 11.5 Å². The number of hydrogen-bond donors (Lipinski definition) is 2. The van der Waals surface area contributed by atoms with Gasteiger partial charge >= 0.3 is 6.18 Å². The van der Waals surface area contributed by atoms with E-state index in [4.69, 9.17) is 0 Å². The highest BCUT2D eigenvalue weighted by Gasteiger charge is 2.31. The van der Waals surface area contributed by atoms with Crippen molar-refractivity contribution in [2.45, 2.75) is 20.0 Å². The number of hydrogen-bond acceptors (Lipinski definition) is 5. The standard InChI is InChI=1S/C29H25F3N6O2/c1-16-8-9-21(34-27(39)18-6-5-7-20(11-18)29(30,31)32)13-22(16)23-12-19-15-33-25(14-24(19)37(3)28(23)40)35-26-10-17(2)36-38(26)4/h5-15H,1-4H3,(H,33,35)(H,34,39). The molecule has 3 aromatic heterocycles. The summed E-state index contributed by atoms with van der Waals surface area (Å²) in [6.45, 7) is 3.72. The molecule has 0 saturated carbocycles. The van der Waals surface area contributed by atoms with E-state index in [9.17, 15) is 22.8 Å². The summed E-state index contributed by atoms with van der Waals surface area (Å²) in [4.78, 5) is 30.7. The molecule has 0 bridgehead atoms. The molecule has 8 nitrogen and oxygen atoms in total. The Labute approximate surface area is 227 Å². The van der Waals surface area contributed by atoms with Crippen LogP contribution < -0.4 is 16.2 Å². The molecule has 5 rings (SSSR count). The van der Waals surface area contributed by atoms with E-state index in [0.29, 0.717) is 28.1 Å². The Morgan fingerprint density at radius 2 is 1.73 bits per heavy atom. The zero-order valence-electron chi connectivity index (χ0n) is 22.1. The molecule has 0 unspecified atom stereocenters. The number of nitrogens with zero attached hydrogens (tertiary/aromatic N) is 4. The first-order valence-electron chi connectivity index (χ1n) is 12.3. The van der Waals surface area contributed by atoms with Crippen LogP contribution in [0.25, 0.3) is 22.0 Å². The van der Waals surface area contributed by atoms with Crippen LogP contribution in [0.3, 0.4) is 0 Å². The number of amides is 1. The molecule has 2 aromatic carbocycles. The third-order valence-electron chi connectivity index (χ3n) is 6.60. The molecule has 0 spiro atoms. The average Bonchev–Trinajstić information content (AvgIpc) is 3.23. The smallest absolute Gasteiger partial charge is 0.325 e. The highest BCUT2D eigenvalue weighted by atomic mass is 19.4. The van der Waals surface area contributed by atoms with E-state index < -0.39 is 17.6 Å². The van der Waals surface area contributed by atoms with Gasteiger partial charge in [-0.05, 0) is 61.4 Å². The monoisotopic (exact) mass is 546 g/mol. The Kier molecular flexibility index (Phi) is 6.66. The summed E-state index contributed by atoms with van der Waals surface area (Å²) in [5.74, 6) is 0.611.